The van der Waals surface area contributed by atoms with Crippen LogP contribution in [0.15, 0.2) is 42.7 Å². The van der Waals surface area contributed by atoms with Gasteiger partial charge in [0.2, 0.25) is 0 Å². The van der Waals surface area contributed by atoms with Gasteiger partial charge < -0.3 is 15.0 Å². The molecule has 0 aliphatic heterocycles. The van der Waals surface area contributed by atoms with Gasteiger partial charge in [-0.15, -0.1) is 0 Å². The summed E-state index contributed by atoms with van der Waals surface area (Å²) >= 11 is 0. The zero-order chi connectivity index (χ0) is 16.2. The molecule has 1 N–H and O–H groups in total. The van der Waals surface area contributed by atoms with E-state index in [0.29, 0.717) is 6.61 Å². The highest BCUT2D eigenvalue weighted by Crippen LogP contribution is 2.26. The van der Waals surface area contributed by atoms with Crippen LogP contribution in [0.4, 0.5) is 11.5 Å². The van der Waals surface area contributed by atoms with Gasteiger partial charge in [0, 0.05) is 45.2 Å². The standard InChI is InChI=1S/C17H21N5O/c1-21(2)14-6-4-13(5-7-14)15-12-20-22-16(18-10-11-23-3)8-9-19-17(15)22/h4-9,12,18H,10-11H2,1-3H3. The fourth-order valence-electron chi connectivity index (χ4n) is 2.45. The lowest BCUT2D eigenvalue weighted by atomic mass is 10.1. The first-order chi connectivity index (χ1) is 11.2. The van der Waals surface area contributed by atoms with E-state index < -0.39 is 0 Å². The number of anilines is 2. The Hall–Kier alpha value is -2.60. The van der Waals surface area contributed by atoms with Crippen molar-refractivity contribution in [2.45, 2.75) is 0 Å². The fourth-order valence-corrected chi connectivity index (χ4v) is 2.45. The highest BCUT2D eigenvalue weighted by atomic mass is 16.5. The largest absolute Gasteiger partial charge is 0.383 e. The molecule has 0 saturated carbocycles. The molecular weight excluding hydrogens is 290 g/mol. The third-order valence-corrected chi connectivity index (χ3v) is 3.71. The summed E-state index contributed by atoms with van der Waals surface area (Å²) in [6.07, 6.45) is 3.65. The minimum Gasteiger partial charge on any atom is -0.383 e. The Morgan fingerprint density at radius 1 is 1.17 bits per heavy atom. The molecule has 0 unspecified atom stereocenters. The molecule has 3 rings (SSSR count). The first-order valence-electron chi connectivity index (χ1n) is 7.54. The molecule has 0 bridgehead atoms. The summed E-state index contributed by atoms with van der Waals surface area (Å²) in [6.45, 7) is 1.37. The zero-order valence-corrected chi connectivity index (χ0v) is 13.7. The summed E-state index contributed by atoms with van der Waals surface area (Å²) in [7, 11) is 5.75. The minimum absolute atomic E-state index is 0.643. The normalized spacial score (nSPS) is 10.9. The summed E-state index contributed by atoms with van der Waals surface area (Å²) < 4.78 is 6.89. The maximum atomic E-state index is 5.07. The van der Waals surface area contributed by atoms with E-state index in [0.717, 1.165) is 29.1 Å². The average molecular weight is 311 g/mol. The predicted octanol–water partition coefficient (Wildman–Crippen LogP) is 2.52. The zero-order valence-electron chi connectivity index (χ0n) is 13.7. The van der Waals surface area contributed by atoms with Crippen LogP contribution in [0, 0.1) is 0 Å². The number of nitrogens with one attached hydrogen (secondary N) is 1. The molecule has 0 saturated heterocycles. The number of benzene rings is 1. The van der Waals surface area contributed by atoms with Crippen LogP contribution in [0.25, 0.3) is 16.8 Å². The Kier molecular flexibility index (Phi) is 4.43. The fraction of sp³-hybridized carbons (Fsp3) is 0.294. The molecule has 23 heavy (non-hydrogen) atoms. The molecule has 2 heterocycles. The van der Waals surface area contributed by atoms with Gasteiger partial charge in [0.05, 0.1) is 12.8 Å². The van der Waals surface area contributed by atoms with E-state index in [1.807, 2.05) is 30.9 Å². The van der Waals surface area contributed by atoms with Crippen LogP contribution in [0.5, 0.6) is 0 Å². The molecule has 1 aromatic carbocycles. The number of hydrogen-bond donors (Lipinski definition) is 1. The van der Waals surface area contributed by atoms with Gasteiger partial charge in [0.25, 0.3) is 0 Å². The van der Waals surface area contributed by atoms with Gasteiger partial charge in [-0.25, -0.2) is 4.98 Å². The number of methoxy groups -OCH3 is 1. The minimum atomic E-state index is 0.643. The molecule has 0 aliphatic rings. The van der Waals surface area contributed by atoms with Crippen molar-refractivity contribution < 1.29 is 4.74 Å². The van der Waals surface area contributed by atoms with Gasteiger partial charge in [0.1, 0.15) is 5.82 Å². The van der Waals surface area contributed by atoms with Crippen LogP contribution < -0.4 is 10.2 Å². The van der Waals surface area contributed by atoms with Crippen LogP contribution >= 0.6 is 0 Å². The van der Waals surface area contributed by atoms with Crippen molar-refractivity contribution >= 4 is 17.2 Å². The van der Waals surface area contributed by atoms with E-state index in [2.05, 4.69) is 44.6 Å². The molecule has 0 atom stereocenters. The van der Waals surface area contributed by atoms with E-state index in [1.54, 1.807) is 13.3 Å². The molecule has 0 fully saturated rings. The molecular formula is C17H21N5O. The van der Waals surface area contributed by atoms with Gasteiger partial charge in [-0.05, 0) is 23.8 Å². The lowest BCUT2D eigenvalue weighted by Gasteiger charge is -2.12. The Labute approximate surface area is 135 Å². The van der Waals surface area contributed by atoms with Crippen molar-refractivity contribution in [3.63, 3.8) is 0 Å². The molecule has 2 aromatic heterocycles. The first-order valence-corrected chi connectivity index (χ1v) is 7.54. The van der Waals surface area contributed by atoms with Gasteiger partial charge in [-0.2, -0.15) is 9.61 Å². The lowest BCUT2D eigenvalue weighted by molar-refractivity contribution is 0.210. The maximum absolute atomic E-state index is 5.07. The smallest absolute Gasteiger partial charge is 0.165 e. The average Bonchev–Trinajstić information content (AvgIpc) is 3.00. The topological polar surface area (TPSA) is 54.7 Å². The molecule has 3 aromatic rings. The quantitative estimate of drug-likeness (QED) is 0.709. The number of ether oxygens (including phenoxy) is 1. The second-order valence-corrected chi connectivity index (χ2v) is 5.48. The second-order valence-electron chi connectivity index (χ2n) is 5.48. The summed E-state index contributed by atoms with van der Waals surface area (Å²) in [4.78, 5) is 6.56. The summed E-state index contributed by atoms with van der Waals surface area (Å²) in [5.74, 6) is 0.906. The Balaban J connectivity index is 1.94. The predicted molar refractivity (Wildman–Crippen MR) is 93.1 cm³/mol. The third-order valence-electron chi connectivity index (χ3n) is 3.71. The van der Waals surface area contributed by atoms with Crippen LogP contribution in [0.1, 0.15) is 0 Å². The lowest BCUT2D eigenvalue weighted by Crippen LogP contribution is -2.11. The highest BCUT2D eigenvalue weighted by molar-refractivity contribution is 5.78. The number of rotatable bonds is 6. The van der Waals surface area contributed by atoms with Crippen LogP contribution in [-0.4, -0.2) is 49.0 Å². The Bertz CT molecular complexity index is 779. The Morgan fingerprint density at radius 3 is 2.65 bits per heavy atom. The van der Waals surface area contributed by atoms with Crippen molar-refractivity contribution in [2.75, 3.05) is 44.6 Å². The van der Waals surface area contributed by atoms with Gasteiger partial charge in [0.15, 0.2) is 5.65 Å². The SMILES string of the molecule is COCCNc1ccnc2c(-c3ccc(N(C)C)cc3)cnn12. The highest BCUT2D eigenvalue weighted by Gasteiger charge is 2.10. The van der Waals surface area contributed by atoms with Crippen LogP contribution in [0.2, 0.25) is 0 Å². The molecule has 120 valence electrons. The van der Waals surface area contributed by atoms with E-state index in [-0.39, 0.29) is 0 Å². The summed E-state index contributed by atoms with van der Waals surface area (Å²) in [5, 5.41) is 7.78. The monoisotopic (exact) mass is 311 g/mol. The van der Waals surface area contributed by atoms with Crippen molar-refractivity contribution in [3.8, 4) is 11.1 Å². The van der Waals surface area contributed by atoms with Crippen molar-refractivity contribution in [1.82, 2.24) is 14.6 Å². The third kappa shape index (κ3) is 3.12. The number of aromatic nitrogens is 3. The molecule has 6 heteroatoms. The molecule has 0 amide bonds. The number of fused-ring (bicyclic) bond motifs is 1. The van der Waals surface area contributed by atoms with E-state index >= 15 is 0 Å². The molecule has 0 radical (unpaired) electrons. The molecule has 0 aliphatic carbocycles. The van der Waals surface area contributed by atoms with Crippen molar-refractivity contribution in [2.24, 2.45) is 0 Å². The molecule has 0 spiro atoms. The maximum Gasteiger partial charge on any atom is 0.165 e. The van der Waals surface area contributed by atoms with Crippen LogP contribution in [0.3, 0.4) is 0 Å². The van der Waals surface area contributed by atoms with E-state index in [9.17, 15) is 0 Å². The number of nitrogens with zero attached hydrogens (tertiary/aromatic N) is 4. The molecule has 6 nitrogen and oxygen atoms in total. The van der Waals surface area contributed by atoms with Crippen LogP contribution in [-0.2, 0) is 4.74 Å². The number of hydrogen-bond acceptors (Lipinski definition) is 5. The van der Waals surface area contributed by atoms with Gasteiger partial charge >= 0.3 is 0 Å². The summed E-state index contributed by atoms with van der Waals surface area (Å²) in [6, 6.07) is 10.3. The summed E-state index contributed by atoms with van der Waals surface area (Å²) in [5.41, 5.74) is 4.13. The Morgan fingerprint density at radius 2 is 1.96 bits per heavy atom. The van der Waals surface area contributed by atoms with Gasteiger partial charge in [-0.3, -0.25) is 0 Å². The van der Waals surface area contributed by atoms with E-state index in [4.69, 9.17) is 4.74 Å². The van der Waals surface area contributed by atoms with Crippen molar-refractivity contribution in [1.29, 1.82) is 0 Å². The van der Waals surface area contributed by atoms with Gasteiger partial charge in [-0.1, -0.05) is 12.1 Å². The van der Waals surface area contributed by atoms with E-state index in [1.165, 1.54) is 5.69 Å². The first kappa shape index (κ1) is 15.3. The second kappa shape index (κ2) is 6.66. The van der Waals surface area contributed by atoms with Crippen molar-refractivity contribution in [3.05, 3.63) is 42.7 Å².